The lowest BCUT2D eigenvalue weighted by Gasteiger charge is -2.28. The Morgan fingerprint density at radius 1 is 1.48 bits per heavy atom. The van der Waals surface area contributed by atoms with Crippen LogP contribution in [0.15, 0.2) is 36.7 Å². The van der Waals surface area contributed by atoms with Gasteiger partial charge in [0.2, 0.25) is 5.95 Å². The molecule has 2 aromatic rings. The molecule has 112 valence electrons. The van der Waals surface area contributed by atoms with E-state index in [-0.39, 0.29) is 12.1 Å². The van der Waals surface area contributed by atoms with Crippen LogP contribution >= 0.6 is 0 Å². The van der Waals surface area contributed by atoms with Crippen LogP contribution in [0.25, 0.3) is 0 Å². The quantitative estimate of drug-likeness (QED) is 0.918. The van der Waals surface area contributed by atoms with Crippen LogP contribution in [0.4, 0.5) is 5.95 Å². The molecule has 0 fully saturated rings. The number of methoxy groups -OCH3 is 1. The Hall–Kier alpha value is -2.01. The van der Waals surface area contributed by atoms with Crippen LogP contribution in [0.1, 0.15) is 31.0 Å². The van der Waals surface area contributed by atoms with Crippen molar-refractivity contribution in [2.75, 3.05) is 25.6 Å². The molecule has 0 aliphatic carbocycles. The zero-order valence-corrected chi connectivity index (χ0v) is 12.5. The minimum Gasteiger partial charge on any atom is -0.493 e. The van der Waals surface area contributed by atoms with Crippen molar-refractivity contribution in [3.05, 3.63) is 42.2 Å². The van der Waals surface area contributed by atoms with Crippen molar-refractivity contribution in [2.24, 2.45) is 0 Å². The SMILES string of the molecule is COCC(C)n1ccnc1NC1CCOc2ccccc21. The van der Waals surface area contributed by atoms with Crippen LogP contribution < -0.4 is 10.1 Å². The molecular weight excluding hydrogens is 266 g/mol. The Morgan fingerprint density at radius 2 is 2.33 bits per heavy atom. The molecule has 0 spiro atoms. The molecule has 2 unspecified atom stereocenters. The molecule has 1 aromatic carbocycles. The van der Waals surface area contributed by atoms with E-state index in [0.29, 0.717) is 6.61 Å². The molecule has 2 atom stereocenters. The number of hydrogen-bond donors (Lipinski definition) is 1. The maximum Gasteiger partial charge on any atom is 0.203 e. The summed E-state index contributed by atoms with van der Waals surface area (Å²) in [6.45, 7) is 3.51. The van der Waals surface area contributed by atoms with E-state index in [1.165, 1.54) is 5.56 Å². The number of nitrogens with one attached hydrogen (secondary N) is 1. The number of fused-ring (bicyclic) bond motifs is 1. The van der Waals surface area contributed by atoms with Crippen molar-refractivity contribution in [3.8, 4) is 5.75 Å². The van der Waals surface area contributed by atoms with E-state index >= 15 is 0 Å². The highest BCUT2D eigenvalue weighted by atomic mass is 16.5. The summed E-state index contributed by atoms with van der Waals surface area (Å²) in [7, 11) is 1.72. The van der Waals surface area contributed by atoms with E-state index in [1.54, 1.807) is 7.11 Å². The van der Waals surface area contributed by atoms with Crippen LogP contribution in [0.2, 0.25) is 0 Å². The standard InChI is InChI=1S/C16H21N3O2/c1-12(11-20-2)19-9-8-17-16(19)18-14-7-10-21-15-6-4-3-5-13(14)15/h3-6,8-9,12,14H,7,10-11H2,1-2H3,(H,17,18). The van der Waals surface area contributed by atoms with Gasteiger partial charge in [-0.15, -0.1) is 0 Å². The van der Waals surface area contributed by atoms with Crippen molar-refractivity contribution >= 4 is 5.95 Å². The third-order valence-electron chi connectivity index (χ3n) is 3.81. The van der Waals surface area contributed by atoms with Gasteiger partial charge in [-0.25, -0.2) is 4.98 Å². The molecule has 5 heteroatoms. The molecule has 2 heterocycles. The first-order valence-corrected chi connectivity index (χ1v) is 7.29. The van der Waals surface area contributed by atoms with Gasteiger partial charge in [0.05, 0.1) is 25.3 Å². The second kappa shape index (κ2) is 6.18. The maximum absolute atomic E-state index is 5.70. The molecule has 0 saturated heterocycles. The fourth-order valence-electron chi connectivity index (χ4n) is 2.75. The molecule has 0 saturated carbocycles. The summed E-state index contributed by atoms with van der Waals surface area (Å²) in [4.78, 5) is 4.44. The number of para-hydroxylation sites is 1. The van der Waals surface area contributed by atoms with Gasteiger partial charge in [0.1, 0.15) is 5.75 Å². The summed E-state index contributed by atoms with van der Waals surface area (Å²) < 4.78 is 13.0. The maximum atomic E-state index is 5.70. The van der Waals surface area contributed by atoms with Gasteiger partial charge >= 0.3 is 0 Å². The highest BCUT2D eigenvalue weighted by Crippen LogP contribution is 2.34. The van der Waals surface area contributed by atoms with E-state index in [2.05, 4.69) is 27.9 Å². The lowest BCUT2D eigenvalue weighted by atomic mass is 10.0. The zero-order valence-electron chi connectivity index (χ0n) is 12.5. The normalized spacial score (nSPS) is 18.7. The fraction of sp³-hybridized carbons (Fsp3) is 0.438. The van der Waals surface area contributed by atoms with Crippen LogP contribution in [-0.2, 0) is 4.74 Å². The average molecular weight is 287 g/mol. The topological polar surface area (TPSA) is 48.3 Å². The molecule has 21 heavy (non-hydrogen) atoms. The summed E-state index contributed by atoms with van der Waals surface area (Å²) in [5.41, 5.74) is 1.19. The number of rotatable bonds is 5. The van der Waals surface area contributed by atoms with Crippen molar-refractivity contribution < 1.29 is 9.47 Å². The number of aromatic nitrogens is 2. The van der Waals surface area contributed by atoms with Gasteiger partial charge in [-0.05, 0) is 13.0 Å². The molecule has 0 bridgehead atoms. The van der Waals surface area contributed by atoms with E-state index in [9.17, 15) is 0 Å². The first kappa shape index (κ1) is 13.9. The number of nitrogens with zero attached hydrogens (tertiary/aromatic N) is 2. The smallest absolute Gasteiger partial charge is 0.203 e. The van der Waals surface area contributed by atoms with Gasteiger partial charge in [-0.3, -0.25) is 0 Å². The Labute approximate surface area is 124 Å². The van der Waals surface area contributed by atoms with E-state index in [4.69, 9.17) is 9.47 Å². The van der Waals surface area contributed by atoms with E-state index in [1.807, 2.05) is 30.6 Å². The third kappa shape index (κ3) is 2.88. The van der Waals surface area contributed by atoms with E-state index < -0.39 is 0 Å². The van der Waals surface area contributed by atoms with Gasteiger partial charge in [0, 0.05) is 31.5 Å². The number of anilines is 1. The predicted molar refractivity (Wildman–Crippen MR) is 81.7 cm³/mol. The second-order valence-corrected chi connectivity index (χ2v) is 5.33. The number of benzene rings is 1. The van der Waals surface area contributed by atoms with Gasteiger partial charge in [-0.1, -0.05) is 18.2 Å². The average Bonchev–Trinajstić information content (AvgIpc) is 2.96. The molecule has 1 aliphatic heterocycles. The third-order valence-corrected chi connectivity index (χ3v) is 3.81. The molecule has 5 nitrogen and oxygen atoms in total. The van der Waals surface area contributed by atoms with Crippen LogP contribution in [0, 0.1) is 0 Å². The Bertz CT molecular complexity index is 597. The largest absolute Gasteiger partial charge is 0.493 e. The summed E-state index contributed by atoms with van der Waals surface area (Å²) in [5, 5.41) is 3.54. The molecule has 0 amide bonds. The first-order valence-electron chi connectivity index (χ1n) is 7.29. The lowest BCUT2D eigenvalue weighted by Crippen LogP contribution is -2.23. The minimum atomic E-state index is 0.228. The molecular formula is C16H21N3O2. The van der Waals surface area contributed by atoms with Crippen molar-refractivity contribution in [1.29, 1.82) is 0 Å². The molecule has 0 radical (unpaired) electrons. The zero-order chi connectivity index (χ0) is 14.7. The predicted octanol–water partition coefficient (Wildman–Crippen LogP) is 3.03. The van der Waals surface area contributed by atoms with E-state index in [0.717, 1.165) is 24.7 Å². The monoisotopic (exact) mass is 287 g/mol. The Kier molecular flexibility index (Phi) is 4.10. The van der Waals surface area contributed by atoms with Crippen LogP contribution in [-0.4, -0.2) is 29.9 Å². The number of imidazole rings is 1. The number of ether oxygens (including phenoxy) is 2. The van der Waals surface area contributed by atoms with Gasteiger partial charge < -0.3 is 19.4 Å². The summed E-state index contributed by atoms with van der Waals surface area (Å²) in [6.07, 6.45) is 4.74. The Morgan fingerprint density at radius 3 is 3.19 bits per heavy atom. The number of hydrogen-bond acceptors (Lipinski definition) is 4. The highest BCUT2D eigenvalue weighted by molar-refractivity contribution is 5.42. The second-order valence-electron chi connectivity index (χ2n) is 5.33. The summed E-state index contributed by atoms with van der Waals surface area (Å²) >= 11 is 0. The minimum absolute atomic E-state index is 0.228. The summed E-state index contributed by atoms with van der Waals surface area (Å²) in [6, 6.07) is 8.65. The van der Waals surface area contributed by atoms with Crippen LogP contribution in [0.3, 0.4) is 0 Å². The first-order chi connectivity index (χ1) is 10.3. The summed E-state index contributed by atoms with van der Waals surface area (Å²) in [5.74, 6) is 1.84. The fourth-order valence-corrected chi connectivity index (χ4v) is 2.75. The van der Waals surface area contributed by atoms with Crippen molar-refractivity contribution in [1.82, 2.24) is 9.55 Å². The van der Waals surface area contributed by atoms with Crippen LogP contribution in [0.5, 0.6) is 5.75 Å². The lowest BCUT2D eigenvalue weighted by molar-refractivity contribution is 0.163. The molecule has 1 N–H and O–H groups in total. The molecule has 1 aliphatic rings. The molecule has 1 aromatic heterocycles. The Balaban J connectivity index is 1.81. The van der Waals surface area contributed by atoms with Gasteiger partial charge in [0.25, 0.3) is 0 Å². The van der Waals surface area contributed by atoms with Gasteiger partial charge in [0.15, 0.2) is 0 Å². The molecule has 3 rings (SSSR count). The van der Waals surface area contributed by atoms with Crippen molar-refractivity contribution in [2.45, 2.75) is 25.4 Å². The highest BCUT2D eigenvalue weighted by Gasteiger charge is 2.22. The van der Waals surface area contributed by atoms with Gasteiger partial charge in [-0.2, -0.15) is 0 Å². The van der Waals surface area contributed by atoms with Crippen molar-refractivity contribution in [3.63, 3.8) is 0 Å².